The molecule has 0 aliphatic rings. The minimum Gasteiger partial charge on any atom is -0.384 e. The van der Waals surface area contributed by atoms with Gasteiger partial charge in [-0.2, -0.15) is 0 Å². The Morgan fingerprint density at radius 1 is 1.55 bits per heavy atom. The van der Waals surface area contributed by atoms with E-state index in [0.717, 1.165) is 0 Å². The molecule has 0 saturated carbocycles. The van der Waals surface area contributed by atoms with Gasteiger partial charge in [0.2, 0.25) is 0 Å². The molecule has 0 aromatic rings. The van der Waals surface area contributed by atoms with Crippen molar-refractivity contribution < 1.29 is 24.5 Å². The lowest BCUT2D eigenvalue weighted by atomic mass is 10.5. The summed E-state index contributed by atoms with van der Waals surface area (Å²) < 4.78 is 0. The molecule has 0 amide bonds. The van der Waals surface area contributed by atoms with Crippen LogP contribution in [0.5, 0.6) is 0 Å². The molecular weight excluding hydrogens is 220 g/mol. The summed E-state index contributed by atoms with van der Waals surface area (Å²) in [4.78, 5) is 28.0. The molecule has 0 aliphatic carbocycles. The van der Waals surface area contributed by atoms with Gasteiger partial charge < -0.3 is 5.11 Å². The molecule has 0 radical (unpaired) electrons. The lowest BCUT2D eigenvalue weighted by Gasteiger charge is -2.01. The molecule has 6 heteroatoms. The first-order valence-electron chi connectivity index (χ1n) is 2.74. The number of rotatable bonds is 2. The Hall–Kier alpha value is -0.620. The largest absolute Gasteiger partial charge is 0.384 e. The number of alkyl halides is 1. The number of hydrogen-bond acceptors (Lipinski definition) is 5. The van der Waals surface area contributed by atoms with Crippen LogP contribution in [-0.4, -0.2) is 28.5 Å². The van der Waals surface area contributed by atoms with Crippen LogP contribution in [0.15, 0.2) is 0 Å². The van der Waals surface area contributed by atoms with E-state index in [1.165, 1.54) is 6.92 Å². The maximum atomic E-state index is 10.5. The minimum atomic E-state index is -1.01. The first kappa shape index (κ1) is 10.4. The minimum absolute atomic E-state index is 0.547. The predicted molar refractivity (Wildman–Crippen MR) is 37.7 cm³/mol. The van der Waals surface area contributed by atoms with E-state index in [1.54, 1.807) is 0 Å². The molecule has 5 nitrogen and oxygen atoms in total. The summed E-state index contributed by atoms with van der Waals surface area (Å²) in [6.45, 7) is 0.694. The van der Waals surface area contributed by atoms with Crippen LogP contribution in [0.2, 0.25) is 0 Å². The molecule has 1 unspecified atom stereocenters. The van der Waals surface area contributed by atoms with Crippen LogP contribution in [0.4, 0.5) is 0 Å². The summed E-state index contributed by atoms with van der Waals surface area (Å²) in [5.41, 5.74) is 0. The van der Waals surface area contributed by atoms with Crippen molar-refractivity contribution in [2.24, 2.45) is 0 Å². The second kappa shape index (κ2) is 5.09. The van der Waals surface area contributed by atoms with E-state index < -0.39 is 23.4 Å². The summed E-state index contributed by atoms with van der Waals surface area (Å²) in [6.07, 6.45) is 0. The summed E-state index contributed by atoms with van der Waals surface area (Å²) in [5.74, 6) is -1.74. The molecule has 0 fully saturated rings. The highest BCUT2D eigenvalue weighted by Crippen LogP contribution is 1.99. The topological polar surface area (TPSA) is 72.8 Å². The first-order valence-corrected chi connectivity index (χ1v) is 3.65. The van der Waals surface area contributed by atoms with Crippen molar-refractivity contribution in [3.05, 3.63) is 0 Å². The molecule has 1 N–H and O–H groups in total. The molecule has 0 spiro atoms. The van der Waals surface area contributed by atoms with Gasteiger partial charge in [-0.15, -0.1) is 0 Å². The van der Waals surface area contributed by atoms with Crippen LogP contribution < -0.4 is 0 Å². The van der Waals surface area contributed by atoms with Crippen LogP contribution in [0.3, 0.4) is 0 Å². The van der Waals surface area contributed by atoms with E-state index in [4.69, 9.17) is 5.11 Å². The van der Waals surface area contributed by atoms with E-state index in [9.17, 15) is 9.59 Å². The van der Waals surface area contributed by atoms with Gasteiger partial charge >= 0.3 is 11.9 Å². The number of carbonyl (C=O) groups excluding carboxylic acids is 2. The third kappa shape index (κ3) is 4.74. The molecule has 11 heavy (non-hydrogen) atoms. The van der Waals surface area contributed by atoms with Crippen LogP contribution in [0.25, 0.3) is 0 Å². The van der Waals surface area contributed by atoms with Crippen molar-refractivity contribution in [3.8, 4) is 0 Å². The van der Waals surface area contributed by atoms with E-state index in [0.29, 0.717) is 0 Å². The average Bonchev–Trinajstić information content (AvgIpc) is 1.99. The molecule has 0 aromatic heterocycles. The third-order valence-electron chi connectivity index (χ3n) is 0.671. The summed E-state index contributed by atoms with van der Waals surface area (Å²) in [6, 6.07) is 0. The Morgan fingerprint density at radius 3 is 2.45 bits per heavy atom. The Labute approximate surface area is 71.3 Å². The average molecular weight is 227 g/mol. The van der Waals surface area contributed by atoms with Gasteiger partial charge in [0.05, 0.1) is 0 Å². The summed E-state index contributed by atoms with van der Waals surface area (Å²) in [5, 5.41) is 8.11. The highest BCUT2D eigenvalue weighted by atomic mass is 79.9. The Morgan fingerprint density at radius 2 is 2.09 bits per heavy atom. The maximum Gasteiger partial charge on any atom is 0.380 e. The molecule has 64 valence electrons. The van der Waals surface area contributed by atoms with Gasteiger partial charge in [-0.3, -0.25) is 0 Å². The zero-order valence-corrected chi connectivity index (χ0v) is 7.33. The zero-order chi connectivity index (χ0) is 8.85. The van der Waals surface area contributed by atoms with Crippen molar-refractivity contribution in [2.75, 3.05) is 6.61 Å². The maximum absolute atomic E-state index is 10.5. The SMILES string of the molecule is CC(Br)C(=O)OOC(=O)CO. The number of carbonyl (C=O) groups is 2. The molecule has 0 aromatic carbocycles. The molecule has 0 aliphatic heterocycles. The number of hydrogen-bond donors (Lipinski definition) is 1. The zero-order valence-electron chi connectivity index (χ0n) is 5.74. The fraction of sp³-hybridized carbons (Fsp3) is 0.600. The standard InChI is InChI=1S/C5H7BrO5/c1-3(6)5(9)11-10-4(8)2-7/h3,7H,2H2,1H3. The third-order valence-corrected chi connectivity index (χ3v) is 1.04. The van der Waals surface area contributed by atoms with E-state index in [-0.39, 0.29) is 0 Å². The van der Waals surface area contributed by atoms with Crippen molar-refractivity contribution >= 4 is 27.9 Å². The van der Waals surface area contributed by atoms with Crippen LogP contribution >= 0.6 is 15.9 Å². The normalized spacial score (nSPS) is 11.9. The number of halogens is 1. The lowest BCUT2D eigenvalue weighted by Crippen LogP contribution is -2.18. The fourth-order valence-corrected chi connectivity index (χ4v) is 0.256. The monoisotopic (exact) mass is 226 g/mol. The van der Waals surface area contributed by atoms with Gasteiger partial charge in [0.15, 0.2) is 0 Å². The van der Waals surface area contributed by atoms with Gasteiger partial charge in [-0.05, 0) is 6.92 Å². The van der Waals surface area contributed by atoms with Gasteiger partial charge in [0.25, 0.3) is 0 Å². The van der Waals surface area contributed by atoms with E-state index in [1.807, 2.05) is 0 Å². The van der Waals surface area contributed by atoms with E-state index in [2.05, 4.69) is 25.7 Å². The lowest BCUT2D eigenvalue weighted by molar-refractivity contribution is -0.259. The molecular formula is C5H7BrO5. The van der Waals surface area contributed by atoms with E-state index >= 15 is 0 Å². The highest BCUT2D eigenvalue weighted by Gasteiger charge is 2.13. The highest BCUT2D eigenvalue weighted by molar-refractivity contribution is 9.10. The van der Waals surface area contributed by atoms with Crippen molar-refractivity contribution in [3.63, 3.8) is 0 Å². The molecule has 0 bridgehead atoms. The molecule has 0 saturated heterocycles. The number of aliphatic hydroxyl groups is 1. The number of aliphatic hydroxyl groups excluding tert-OH is 1. The Balaban J connectivity index is 3.54. The van der Waals surface area contributed by atoms with Gasteiger partial charge in [-0.25, -0.2) is 19.4 Å². The predicted octanol–water partition coefficient (Wildman–Crippen LogP) is -0.237. The van der Waals surface area contributed by atoms with Crippen molar-refractivity contribution in [2.45, 2.75) is 11.8 Å². The quantitative estimate of drug-likeness (QED) is 0.400. The fourth-order valence-electron chi connectivity index (χ4n) is 0.180. The molecule has 1 atom stereocenters. The molecule has 0 rings (SSSR count). The van der Waals surface area contributed by atoms with Crippen LogP contribution in [-0.2, 0) is 19.4 Å². The first-order chi connectivity index (χ1) is 5.07. The summed E-state index contributed by atoms with van der Waals surface area (Å²) in [7, 11) is 0. The van der Waals surface area contributed by atoms with Crippen molar-refractivity contribution in [1.29, 1.82) is 0 Å². The van der Waals surface area contributed by atoms with Gasteiger partial charge in [-0.1, -0.05) is 15.9 Å². The Bertz CT molecular complexity index is 155. The van der Waals surface area contributed by atoms with Crippen LogP contribution in [0, 0.1) is 0 Å². The second-order valence-electron chi connectivity index (χ2n) is 1.63. The summed E-state index contributed by atoms with van der Waals surface area (Å²) >= 11 is 2.88. The molecule has 0 heterocycles. The Kier molecular flexibility index (Phi) is 4.80. The second-order valence-corrected chi connectivity index (χ2v) is 3.01. The van der Waals surface area contributed by atoms with Crippen molar-refractivity contribution in [1.82, 2.24) is 0 Å². The van der Waals surface area contributed by atoms with Crippen LogP contribution in [0.1, 0.15) is 6.92 Å². The van der Waals surface area contributed by atoms with Gasteiger partial charge in [0.1, 0.15) is 11.4 Å². The smallest absolute Gasteiger partial charge is 0.380 e. The van der Waals surface area contributed by atoms with Gasteiger partial charge in [0, 0.05) is 0 Å².